The highest BCUT2D eigenvalue weighted by Gasteiger charge is 2.02. The fourth-order valence-electron chi connectivity index (χ4n) is 1.26. The van der Waals surface area contributed by atoms with Gasteiger partial charge >= 0.3 is 5.97 Å². The maximum Gasteiger partial charge on any atom is 0.333 e. The molecule has 0 unspecified atom stereocenters. The average Bonchev–Trinajstić information content (AvgIpc) is 2.43. The molecule has 0 aliphatic rings. The van der Waals surface area contributed by atoms with E-state index in [0.29, 0.717) is 17.8 Å². The van der Waals surface area contributed by atoms with Gasteiger partial charge in [0.1, 0.15) is 5.82 Å². The largest absolute Gasteiger partial charge is 0.466 e. The summed E-state index contributed by atoms with van der Waals surface area (Å²) in [7, 11) is 1.36. The lowest BCUT2D eigenvalue weighted by Crippen LogP contribution is -2.01. The molecule has 4 heteroatoms. The molecule has 0 saturated carbocycles. The van der Waals surface area contributed by atoms with Gasteiger partial charge in [0.05, 0.1) is 7.11 Å². The van der Waals surface area contributed by atoms with Gasteiger partial charge in [0.25, 0.3) is 0 Å². The molecule has 1 aromatic heterocycles. The van der Waals surface area contributed by atoms with E-state index in [1.165, 1.54) is 7.11 Å². The van der Waals surface area contributed by atoms with Crippen molar-refractivity contribution in [1.29, 1.82) is 0 Å². The first-order chi connectivity index (χ1) is 8.67. The third-order valence-electron chi connectivity index (χ3n) is 2.30. The number of hydrogen-bond donors (Lipinski definition) is 0. The molecule has 0 amide bonds. The number of rotatable bonds is 5. The van der Waals surface area contributed by atoms with E-state index in [2.05, 4.69) is 21.3 Å². The molecule has 94 valence electrons. The van der Waals surface area contributed by atoms with Gasteiger partial charge in [-0.15, -0.1) is 0 Å². The molecule has 0 N–H and O–H groups in total. The first kappa shape index (κ1) is 13.8. The lowest BCUT2D eigenvalue weighted by Gasteiger charge is -2.00. The van der Waals surface area contributed by atoms with E-state index in [4.69, 9.17) is 0 Å². The van der Waals surface area contributed by atoms with Gasteiger partial charge in [-0.3, -0.25) is 0 Å². The van der Waals surface area contributed by atoms with Gasteiger partial charge in [0, 0.05) is 24.4 Å². The minimum Gasteiger partial charge on any atom is -0.466 e. The summed E-state index contributed by atoms with van der Waals surface area (Å²) < 4.78 is 4.61. The van der Waals surface area contributed by atoms with Crippen molar-refractivity contribution >= 4 is 5.97 Å². The molecule has 0 bridgehead atoms. The van der Waals surface area contributed by atoms with Crippen molar-refractivity contribution in [3.63, 3.8) is 0 Å². The van der Waals surface area contributed by atoms with E-state index >= 15 is 0 Å². The van der Waals surface area contributed by atoms with Crippen molar-refractivity contribution in [3.8, 4) is 0 Å². The predicted molar refractivity (Wildman–Crippen MR) is 69.8 cm³/mol. The van der Waals surface area contributed by atoms with Crippen LogP contribution in [0.1, 0.15) is 12.7 Å². The normalized spacial score (nSPS) is 12.1. The third-order valence-corrected chi connectivity index (χ3v) is 2.30. The summed E-state index contributed by atoms with van der Waals surface area (Å²) in [6.45, 7) is 5.43. The molecule has 0 radical (unpaired) electrons. The minimum atomic E-state index is -0.342. The number of hydrogen-bond acceptors (Lipinski definition) is 4. The van der Waals surface area contributed by atoms with Crippen LogP contribution in [0.3, 0.4) is 0 Å². The van der Waals surface area contributed by atoms with Crippen LogP contribution in [0.15, 0.2) is 54.4 Å². The van der Waals surface area contributed by atoms with E-state index < -0.39 is 0 Å². The van der Waals surface area contributed by atoms with Crippen LogP contribution >= 0.6 is 0 Å². The molecular formula is C14H16N2O2. The Morgan fingerprint density at radius 1 is 1.39 bits per heavy atom. The quantitative estimate of drug-likeness (QED) is 0.453. The number of methoxy groups -OCH3 is 1. The molecule has 0 aromatic carbocycles. The molecule has 0 fully saturated rings. The van der Waals surface area contributed by atoms with Gasteiger partial charge < -0.3 is 4.74 Å². The number of ether oxygens (including phenoxy) is 1. The zero-order valence-electron chi connectivity index (χ0n) is 10.6. The zero-order chi connectivity index (χ0) is 13.4. The summed E-state index contributed by atoms with van der Waals surface area (Å²) in [6, 6.07) is 1.77. The lowest BCUT2D eigenvalue weighted by molar-refractivity contribution is -0.136. The van der Waals surface area contributed by atoms with Gasteiger partial charge in [-0.05, 0) is 18.6 Å². The molecule has 0 aliphatic carbocycles. The van der Waals surface area contributed by atoms with E-state index in [1.807, 2.05) is 6.08 Å². The summed E-state index contributed by atoms with van der Waals surface area (Å²) >= 11 is 0. The van der Waals surface area contributed by atoms with Crippen LogP contribution in [0.2, 0.25) is 0 Å². The summed E-state index contributed by atoms with van der Waals surface area (Å²) in [6.07, 6.45) is 9.20. The van der Waals surface area contributed by atoms with E-state index in [1.54, 1.807) is 37.5 Å². The third kappa shape index (κ3) is 4.33. The monoisotopic (exact) mass is 244 g/mol. The first-order valence-electron chi connectivity index (χ1n) is 5.51. The first-order valence-corrected chi connectivity index (χ1v) is 5.51. The van der Waals surface area contributed by atoms with Gasteiger partial charge in [0.15, 0.2) is 0 Å². The van der Waals surface area contributed by atoms with E-state index in [0.717, 1.165) is 5.57 Å². The second-order valence-electron chi connectivity index (χ2n) is 3.63. The lowest BCUT2D eigenvalue weighted by atomic mass is 10.1. The SMILES string of the molecule is C=C/C(=C\C=C(/C)C(=O)OC)Cc1ncccn1. The molecule has 18 heavy (non-hydrogen) atoms. The Labute approximate surface area is 107 Å². The molecule has 0 spiro atoms. The predicted octanol–water partition coefficient (Wildman–Crippen LogP) is 2.25. The van der Waals surface area contributed by atoms with Crippen molar-refractivity contribution in [2.75, 3.05) is 7.11 Å². The summed E-state index contributed by atoms with van der Waals surface area (Å²) in [5, 5.41) is 0. The summed E-state index contributed by atoms with van der Waals surface area (Å²) in [5.74, 6) is 0.374. The number of carbonyl (C=O) groups is 1. The smallest absolute Gasteiger partial charge is 0.333 e. The van der Waals surface area contributed by atoms with Gasteiger partial charge in [-0.25, -0.2) is 14.8 Å². The maximum atomic E-state index is 11.2. The Hall–Kier alpha value is -2.23. The molecule has 0 aliphatic heterocycles. The standard InChI is InChI=1S/C14H16N2O2/c1-4-12(7-6-11(2)14(17)18-3)10-13-15-8-5-9-16-13/h4-9H,1,10H2,2-3H3/b11-6+,12-7+. The van der Waals surface area contributed by atoms with Crippen LogP contribution < -0.4 is 0 Å². The fourth-order valence-corrected chi connectivity index (χ4v) is 1.26. The highest BCUT2D eigenvalue weighted by molar-refractivity contribution is 5.87. The molecule has 1 heterocycles. The van der Waals surface area contributed by atoms with Crippen molar-refractivity contribution in [2.45, 2.75) is 13.3 Å². The van der Waals surface area contributed by atoms with Gasteiger partial charge in [-0.1, -0.05) is 24.8 Å². The minimum absolute atomic E-state index is 0.342. The Morgan fingerprint density at radius 3 is 2.61 bits per heavy atom. The van der Waals surface area contributed by atoms with E-state index in [9.17, 15) is 4.79 Å². The molecular weight excluding hydrogens is 228 g/mol. The van der Waals surface area contributed by atoms with Crippen LogP contribution in [0.5, 0.6) is 0 Å². The van der Waals surface area contributed by atoms with Crippen LogP contribution in [0.25, 0.3) is 0 Å². The molecule has 0 saturated heterocycles. The second kappa shape index (κ2) is 7.17. The molecule has 0 atom stereocenters. The van der Waals surface area contributed by atoms with Gasteiger partial charge in [-0.2, -0.15) is 0 Å². The van der Waals surface area contributed by atoms with Crippen LogP contribution in [-0.2, 0) is 16.0 Å². The maximum absolute atomic E-state index is 11.2. The van der Waals surface area contributed by atoms with Crippen LogP contribution in [0, 0.1) is 0 Å². The summed E-state index contributed by atoms with van der Waals surface area (Å²) in [5.41, 5.74) is 1.47. The number of allylic oxidation sites excluding steroid dienone is 4. The Kier molecular flexibility index (Phi) is 5.51. The average molecular weight is 244 g/mol. The molecule has 1 rings (SSSR count). The summed E-state index contributed by atoms with van der Waals surface area (Å²) in [4.78, 5) is 19.5. The Morgan fingerprint density at radius 2 is 2.06 bits per heavy atom. The van der Waals surface area contributed by atoms with Crippen molar-refractivity contribution < 1.29 is 9.53 Å². The Balaban J connectivity index is 2.78. The molecule has 1 aromatic rings. The molecule has 4 nitrogen and oxygen atoms in total. The van der Waals surface area contributed by atoms with E-state index in [-0.39, 0.29) is 5.97 Å². The fraction of sp³-hybridized carbons (Fsp3) is 0.214. The van der Waals surface area contributed by atoms with Crippen molar-refractivity contribution in [1.82, 2.24) is 9.97 Å². The zero-order valence-corrected chi connectivity index (χ0v) is 10.6. The van der Waals surface area contributed by atoms with Crippen molar-refractivity contribution in [2.24, 2.45) is 0 Å². The van der Waals surface area contributed by atoms with Crippen LogP contribution in [0.4, 0.5) is 0 Å². The Bertz CT molecular complexity index is 476. The number of aromatic nitrogens is 2. The number of esters is 1. The topological polar surface area (TPSA) is 52.1 Å². The highest BCUT2D eigenvalue weighted by atomic mass is 16.5. The van der Waals surface area contributed by atoms with Crippen LogP contribution in [-0.4, -0.2) is 23.0 Å². The number of carbonyl (C=O) groups excluding carboxylic acids is 1. The number of nitrogens with zero attached hydrogens (tertiary/aromatic N) is 2. The highest BCUT2D eigenvalue weighted by Crippen LogP contribution is 2.06. The van der Waals surface area contributed by atoms with Gasteiger partial charge in [0.2, 0.25) is 0 Å². The second-order valence-corrected chi connectivity index (χ2v) is 3.63. The van der Waals surface area contributed by atoms with Crippen molar-refractivity contribution in [3.05, 3.63) is 60.2 Å².